The van der Waals surface area contributed by atoms with Crippen LogP contribution in [0.25, 0.3) is 0 Å². The lowest BCUT2D eigenvalue weighted by Gasteiger charge is -2.24. The molecule has 1 spiro atoms. The predicted molar refractivity (Wildman–Crippen MR) is 93.7 cm³/mol. The third-order valence-electron chi connectivity index (χ3n) is 4.49. The molecule has 1 unspecified atom stereocenters. The molecule has 3 rings (SSSR count). The summed E-state index contributed by atoms with van der Waals surface area (Å²) in [6.45, 7) is 4.82. The second-order valence-corrected chi connectivity index (χ2v) is 7.92. The van der Waals surface area contributed by atoms with Crippen molar-refractivity contribution in [1.29, 1.82) is 0 Å². The maximum atomic E-state index is 13.2. The van der Waals surface area contributed by atoms with E-state index in [4.69, 9.17) is 16.3 Å². The first kappa shape index (κ1) is 18.4. The van der Waals surface area contributed by atoms with E-state index >= 15 is 0 Å². The number of likely N-dealkylation sites (N-methyl/N-ethyl adjacent to an activating group) is 1. The Morgan fingerprint density at radius 1 is 1.23 bits per heavy atom. The number of nitrogens with zero attached hydrogens (tertiary/aromatic N) is 2. The van der Waals surface area contributed by atoms with E-state index in [0.29, 0.717) is 16.3 Å². The van der Waals surface area contributed by atoms with Crippen molar-refractivity contribution in [3.63, 3.8) is 0 Å². The van der Waals surface area contributed by atoms with Crippen LogP contribution in [0.3, 0.4) is 0 Å². The molecule has 7 nitrogen and oxygen atoms in total. The molecule has 0 aromatic heterocycles. The minimum Gasteiger partial charge on any atom is -0.459 e. The maximum absolute atomic E-state index is 13.2. The molecule has 2 heterocycles. The first-order valence-electron chi connectivity index (χ1n) is 8.12. The number of likely N-dealkylation sites (tertiary alicyclic amines) is 1. The van der Waals surface area contributed by atoms with Crippen molar-refractivity contribution in [1.82, 2.24) is 4.90 Å². The summed E-state index contributed by atoms with van der Waals surface area (Å²) in [4.78, 5) is 52.5. The van der Waals surface area contributed by atoms with Gasteiger partial charge in [0, 0.05) is 23.3 Å². The molecule has 2 aliphatic heterocycles. The summed E-state index contributed by atoms with van der Waals surface area (Å²) in [5, 5.41) is 0.338. The predicted octanol–water partition coefficient (Wildman–Crippen LogP) is 1.65. The van der Waals surface area contributed by atoms with Gasteiger partial charge < -0.3 is 4.74 Å². The fraction of sp³-hybridized carbons (Fsp3) is 0.444. The summed E-state index contributed by atoms with van der Waals surface area (Å²) >= 11 is 6.06. The number of halogens is 1. The number of fused-ring (bicyclic) bond motifs is 2. The van der Waals surface area contributed by atoms with Gasteiger partial charge in [-0.2, -0.15) is 0 Å². The number of carbonyl (C=O) groups excluding carboxylic acids is 4. The lowest BCUT2D eigenvalue weighted by molar-refractivity contribution is -0.154. The van der Waals surface area contributed by atoms with E-state index in [1.54, 1.807) is 32.9 Å². The van der Waals surface area contributed by atoms with Crippen LogP contribution < -0.4 is 4.90 Å². The highest BCUT2D eigenvalue weighted by molar-refractivity contribution is 6.32. The Morgan fingerprint density at radius 3 is 2.42 bits per heavy atom. The van der Waals surface area contributed by atoms with Crippen LogP contribution >= 0.6 is 11.6 Å². The second kappa shape index (κ2) is 5.81. The van der Waals surface area contributed by atoms with Gasteiger partial charge in [0.2, 0.25) is 17.7 Å². The monoisotopic (exact) mass is 378 g/mol. The number of esters is 1. The number of imide groups is 1. The molecule has 0 saturated carbocycles. The van der Waals surface area contributed by atoms with Crippen molar-refractivity contribution in [3.05, 3.63) is 28.8 Å². The van der Waals surface area contributed by atoms with Gasteiger partial charge in [-0.25, -0.2) is 0 Å². The summed E-state index contributed by atoms with van der Waals surface area (Å²) in [7, 11) is 1.34. The molecular weight excluding hydrogens is 360 g/mol. The number of ether oxygens (including phenoxy) is 1. The van der Waals surface area contributed by atoms with Gasteiger partial charge in [0.25, 0.3) is 0 Å². The first-order chi connectivity index (χ1) is 12.0. The first-order valence-corrected chi connectivity index (χ1v) is 8.50. The minimum atomic E-state index is -1.66. The fourth-order valence-electron chi connectivity index (χ4n) is 3.40. The highest BCUT2D eigenvalue weighted by atomic mass is 35.5. The smallest absolute Gasteiger partial charge is 0.326 e. The number of hydrogen-bond donors (Lipinski definition) is 0. The Hall–Kier alpha value is -2.41. The van der Waals surface area contributed by atoms with Crippen LogP contribution in [0, 0.1) is 0 Å². The van der Waals surface area contributed by atoms with E-state index in [2.05, 4.69) is 0 Å². The highest BCUT2D eigenvalue weighted by Crippen LogP contribution is 2.48. The number of benzene rings is 1. The molecule has 1 saturated heterocycles. The molecule has 0 radical (unpaired) electrons. The quantitative estimate of drug-likeness (QED) is 0.444. The largest absolute Gasteiger partial charge is 0.459 e. The van der Waals surface area contributed by atoms with Gasteiger partial charge in [0.15, 0.2) is 5.41 Å². The van der Waals surface area contributed by atoms with E-state index in [0.717, 1.165) is 4.90 Å². The van der Waals surface area contributed by atoms with Gasteiger partial charge in [-0.3, -0.25) is 29.0 Å². The van der Waals surface area contributed by atoms with Crippen molar-refractivity contribution in [2.45, 2.75) is 38.2 Å². The molecule has 26 heavy (non-hydrogen) atoms. The Balaban J connectivity index is 2.05. The Kier molecular flexibility index (Phi) is 4.10. The zero-order valence-electron chi connectivity index (χ0n) is 15.0. The molecule has 1 aromatic rings. The Labute approximate surface area is 155 Å². The SMILES string of the molecule is CN1C(=O)CC2(C1=O)C(=O)N(CC(=O)OC(C)(C)C)c1ccc(Cl)cc12. The van der Waals surface area contributed by atoms with Crippen molar-refractivity contribution in [3.8, 4) is 0 Å². The van der Waals surface area contributed by atoms with Gasteiger partial charge in [-0.1, -0.05) is 11.6 Å². The van der Waals surface area contributed by atoms with Crippen LogP contribution in [0.4, 0.5) is 5.69 Å². The summed E-state index contributed by atoms with van der Waals surface area (Å²) in [6, 6.07) is 4.65. The topological polar surface area (TPSA) is 84.0 Å². The van der Waals surface area contributed by atoms with Crippen LogP contribution in [0.15, 0.2) is 18.2 Å². The van der Waals surface area contributed by atoms with Crippen LogP contribution in [0.5, 0.6) is 0 Å². The molecule has 0 aliphatic carbocycles. The average Bonchev–Trinajstić information content (AvgIpc) is 2.87. The van der Waals surface area contributed by atoms with E-state index < -0.39 is 34.7 Å². The number of anilines is 1. The summed E-state index contributed by atoms with van der Waals surface area (Å²) in [5.74, 6) is -2.27. The molecule has 0 bridgehead atoms. The molecule has 2 aliphatic rings. The number of carbonyl (C=O) groups is 4. The van der Waals surface area contributed by atoms with Gasteiger partial charge in [-0.05, 0) is 39.0 Å². The zero-order chi connectivity index (χ0) is 19.4. The normalized spacial score (nSPS) is 22.4. The van der Waals surface area contributed by atoms with Gasteiger partial charge in [0.05, 0.1) is 6.42 Å². The van der Waals surface area contributed by atoms with Crippen LogP contribution in [0.2, 0.25) is 5.02 Å². The number of rotatable bonds is 2. The van der Waals surface area contributed by atoms with E-state index in [1.165, 1.54) is 18.0 Å². The zero-order valence-corrected chi connectivity index (χ0v) is 15.7. The van der Waals surface area contributed by atoms with Gasteiger partial charge in [-0.15, -0.1) is 0 Å². The molecular formula is C18H19ClN2O5. The van der Waals surface area contributed by atoms with Crippen molar-refractivity contribution in [2.75, 3.05) is 18.5 Å². The third-order valence-corrected chi connectivity index (χ3v) is 4.72. The lowest BCUT2D eigenvalue weighted by atomic mass is 9.80. The van der Waals surface area contributed by atoms with Crippen LogP contribution in [-0.2, 0) is 29.3 Å². The Morgan fingerprint density at radius 2 is 1.88 bits per heavy atom. The molecule has 138 valence electrons. The van der Waals surface area contributed by atoms with Crippen LogP contribution in [0.1, 0.15) is 32.8 Å². The second-order valence-electron chi connectivity index (χ2n) is 7.48. The third kappa shape index (κ3) is 2.67. The van der Waals surface area contributed by atoms with E-state index in [9.17, 15) is 19.2 Å². The highest BCUT2D eigenvalue weighted by Gasteiger charge is 2.63. The average molecular weight is 379 g/mol. The van der Waals surface area contributed by atoms with Crippen LogP contribution in [-0.4, -0.2) is 47.8 Å². The lowest BCUT2D eigenvalue weighted by Crippen LogP contribution is -2.47. The Bertz CT molecular complexity index is 844. The number of hydrogen-bond acceptors (Lipinski definition) is 5. The molecule has 0 N–H and O–H groups in total. The molecule has 1 fully saturated rings. The van der Waals surface area contributed by atoms with Crippen molar-refractivity contribution >= 4 is 41.0 Å². The van der Waals surface area contributed by atoms with E-state index in [-0.39, 0.29) is 13.0 Å². The van der Waals surface area contributed by atoms with Gasteiger partial charge >= 0.3 is 5.97 Å². The summed E-state index contributed by atoms with van der Waals surface area (Å²) in [5.41, 5.74) is -1.63. The van der Waals surface area contributed by atoms with Crippen molar-refractivity contribution < 1.29 is 23.9 Å². The molecule has 3 amide bonds. The van der Waals surface area contributed by atoms with Crippen molar-refractivity contribution in [2.24, 2.45) is 0 Å². The van der Waals surface area contributed by atoms with Gasteiger partial charge in [0.1, 0.15) is 12.1 Å². The molecule has 1 aromatic carbocycles. The fourth-order valence-corrected chi connectivity index (χ4v) is 3.57. The van der Waals surface area contributed by atoms with E-state index in [1.807, 2.05) is 0 Å². The summed E-state index contributed by atoms with van der Waals surface area (Å²) in [6.07, 6.45) is -0.278. The standard InChI is InChI=1S/C18H19ClN2O5/c1-17(2,3)26-14(23)9-21-12-6-5-10(19)7-11(12)18(16(21)25)8-13(22)20(4)15(18)24/h5-7H,8-9H2,1-4H3. The number of amides is 3. The maximum Gasteiger partial charge on any atom is 0.326 e. The molecule has 1 atom stereocenters. The minimum absolute atomic E-state index is 0.278. The summed E-state index contributed by atoms with van der Waals surface area (Å²) < 4.78 is 5.29. The molecule has 8 heteroatoms.